The number of Topliss-reactive ketones (excluding diaryl/α,β-unsaturated/α-hetero) is 1. The lowest BCUT2D eigenvalue weighted by Gasteiger charge is -2.19. The average molecular weight is 274 g/mol. The van der Waals surface area contributed by atoms with Gasteiger partial charge in [-0.05, 0) is 24.1 Å². The van der Waals surface area contributed by atoms with Gasteiger partial charge in [0.25, 0.3) is 0 Å². The molecule has 1 aromatic carbocycles. The van der Waals surface area contributed by atoms with Crippen LogP contribution in [0.4, 0.5) is 0 Å². The summed E-state index contributed by atoms with van der Waals surface area (Å²) in [6.45, 7) is 0.844. The van der Waals surface area contributed by atoms with E-state index in [2.05, 4.69) is 0 Å². The van der Waals surface area contributed by atoms with Gasteiger partial charge in [0.1, 0.15) is 5.54 Å². The van der Waals surface area contributed by atoms with E-state index in [0.717, 1.165) is 5.56 Å². The van der Waals surface area contributed by atoms with Crippen LogP contribution in [-0.2, 0) is 16.0 Å². The van der Waals surface area contributed by atoms with E-state index < -0.39 is 5.54 Å². The minimum atomic E-state index is -0.841. The highest BCUT2D eigenvalue weighted by molar-refractivity contribution is 6.42. The molecule has 0 saturated carbocycles. The number of ketones is 1. The summed E-state index contributed by atoms with van der Waals surface area (Å²) in [5, 5.41) is 0.931. The lowest BCUT2D eigenvalue weighted by molar-refractivity contribution is -0.123. The van der Waals surface area contributed by atoms with Gasteiger partial charge in [-0.2, -0.15) is 0 Å². The molecule has 0 radical (unpaired) electrons. The predicted molar refractivity (Wildman–Crippen MR) is 67.5 cm³/mol. The molecule has 0 amide bonds. The average Bonchev–Trinajstić information content (AvgIpc) is 2.72. The SMILES string of the molecule is NC1(C(=O)Cc2ccc(Cl)c(Cl)c2)CCOC1. The molecule has 1 saturated heterocycles. The minimum Gasteiger partial charge on any atom is -0.379 e. The molecule has 2 rings (SSSR count). The van der Waals surface area contributed by atoms with Crippen LogP contribution in [0, 0.1) is 0 Å². The van der Waals surface area contributed by atoms with Crippen molar-refractivity contribution in [1.82, 2.24) is 0 Å². The van der Waals surface area contributed by atoms with Crippen molar-refractivity contribution in [3.8, 4) is 0 Å². The number of rotatable bonds is 3. The third kappa shape index (κ3) is 2.80. The van der Waals surface area contributed by atoms with Gasteiger partial charge in [0.2, 0.25) is 0 Å². The Morgan fingerprint density at radius 3 is 2.76 bits per heavy atom. The molecule has 1 aliphatic rings. The summed E-state index contributed by atoms with van der Waals surface area (Å²) in [6.07, 6.45) is 0.837. The number of benzene rings is 1. The van der Waals surface area contributed by atoms with Crippen molar-refractivity contribution in [2.45, 2.75) is 18.4 Å². The molecule has 5 heteroatoms. The lowest BCUT2D eigenvalue weighted by atomic mass is 9.90. The quantitative estimate of drug-likeness (QED) is 0.919. The molecule has 1 heterocycles. The molecule has 3 nitrogen and oxygen atoms in total. The Kier molecular flexibility index (Phi) is 3.73. The van der Waals surface area contributed by atoms with Crippen LogP contribution in [0.25, 0.3) is 0 Å². The summed E-state index contributed by atoms with van der Waals surface area (Å²) in [6, 6.07) is 5.16. The van der Waals surface area contributed by atoms with E-state index >= 15 is 0 Å². The molecule has 0 spiro atoms. The number of carbonyl (C=O) groups excluding carboxylic acids is 1. The summed E-state index contributed by atoms with van der Waals surface area (Å²) in [5.74, 6) is -0.0200. The van der Waals surface area contributed by atoms with Crippen molar-refractivity contribution in [1.29, 1.82) is 0 Å². The molecule has 1 aromatic rings. The Morgan fingerprint density at radius 2 is 2.18 bits per heavy atom. The molecule has 0 aliphatic carbocycles. The second-order valence-corrected chi connectivity index (χ2v) is 5.12. The Labute approximate surface area is 110 Å². The van der Waals surface area contributed by atoms with Crippen LogP contribution in [-0.4, -0.2) is 24.5 Å². The summed E-state index contributed by atoms with van der Waals surface area (Å²) in [7, 11) is 0. The van der Waals surface area contributed by atoms with E-state index in [1.165, 1.54) is 0 Å². The lowest BCUT2D eigenvalue weighted by Crippen LogP contribution is -2.49. The summed E-state index contributed by atoms with van der Waals surface area (Å²) in [5.41, 5.74) is 5.96. The van der Waals surface area contributed by atoms with Crippen LogP contribution in [0.15, 0.2) is 18.2 Å². The van der Waals surface area contributed by atoms with Crippen molar-refractivity contribution in [2.75, 3.05) is 13.2 Å². The fourth-order valence-corrected chi connectivity index (χ4v) is 2.13. The molecule has 1 unspecified atom stereocenters. The van der Waals surface area contributed by atoms with E-state index in [9.17, 15) is 4.79 Å². The third-order valence-electron chi connectivity index (χ3n) is 2.96. The van der Waals surface area contributed by atoms with Gasteiger partial charge < -0.3 is 10.5 Å². The molecule has 17 heavy (non-hydrogen) atoms. The zero-order valence-electron chi connectivity index (χ0n) is 9.21. The Balaban J connectivity index is 2.10. The van der Waals surface area contributed by atoms with E-state index in [1.54, 1.807) is 18.2 Å². The van der Waals surface area contributed by atoms with Gasteiger partial charge in [0, 0.05) is 13.0 Å². The fourth-order valence-electron chi connectivity index (χ4n) is 1.81. The molecule has 1 atom stereocenters. The van der Waals surface area contributed by atoms with Gasteiger partial charge >= 0.3 is 0 Å². The Hall–Kier alpha value is -0.610. The van der Waals surface area contributed by atoms with Gasteiger partial charge in [-0.15, -0.1) is 0 Å². The molecule has 92 valence electrons. The number of ether oxygens (including phenoxy) is 1. The highest BCUT2D eigenvalue weighted by Gasteiger charge is 2.37. The first kappa shape index (κ1) is 12.8. The van der Waals surface area contributed by atoms with E-state index in [4.69, 9.17) is 33.7 Å². The van der Waals surface area contributed by atoms with E-state index in [-0.39, 0.29) is 12.2 Å². The van der Waals surface area contributed by atoms with Crippen LogP contribution < -0.4 is 5.73 Å². The minimum absolute atomic E-state index is 0.0200. The fraction of sp³-hybridized carbons (Fsp3) is 0.417. The molecule has 0 aromatic heterocycles. The van der Waals surface area contributed by atoms with Gasteiger partial charge in [0.15, 0.2) is 5.78 Å². The smallest absolute Gasteiger partial charge is 0.159 e. The number of hydrogen-bond donors (Lipinski definition) is 1. The molecule has 1 fully saturated rings. The molecular formula is C12H13Cl2NO2. The van der Waals surface area contributed by atoms with Crippen molar-refractivity contribution in [2.24, 2.45) is 5.73 Å². The maximum atomic E-state index is 12.1. The van der Waals surface area contributed by atoms with Crippen LogP contribution in [0.1, 0.15) is 12.0 Å². The van der Waals surface area contributed by atoms with Crippen LogP contribution in [0.5, 0.6) is 0 Å². The topological polar surface area (TPSA) is 52.3 Å². The second kappa shape index (κ2) is 4.94. The van der Waals surface area contributed by atoms with Crippen molar-refractivity contribution in [3.05, 3.63) is 33.8 Å². The van der Waals surface area contributed by atoms with Gasteiger partial charge in [-0.25, -0.2) is 0 Å². The summed E-state index contributed by atoms with van der Waals surface area (Å²) >= 11 is 11.7. The van der Waals surface area contributed by atoms with E-state index in [0.29, 0.717) is 29.7 Å². The number of halogens is 2. The molecular weight excluding hydrogens is 261 g/mol. The van der Waals surface area contributed by atoms with Crippen LogP contribution in [0.2, 0.25) is 10.0 Å². The normalized spacial score (nSPS) is 23.9. The van der Waals surface area contributed by atoms with Crippen molar-refractivity contribution in [3.63, 3.8) is 0 Å². The summed E-state index contributed by atoms with van der Waals surface area (Å²) in [4.78, 5) is 12.1. The molecule has 0 bridgehead atoms. The Bertz CT molecular complexity index is 442. The maximum Gasteiger partial charge on any atom is 0.159 e. The largest absolute Gasteiger partial charge is 0.379 e. The third-order valence-corrected chi connectivity index (χ3v) is 3.70. The highest BCUT2D eigenvalue weighted by atomic mass is 35.5. The monoisotopic (exact) mass is 273 g/mol. The Morgan fingerprint density at radius 1 is 1.41 bits per heavy atom. The first-order valence-electron chi connectivity index (χ1n) is 5.35. The van der Waals surface area contributed by atoms with Crippen molar-refractivity contribution < 1.29 is 9.53 Å². The van der Waals surface area contributed by atoms with Crippen LogP contribution >= 0.6 is 23.2 Å². The predicted octanol–water partition coefficient (Wildman–Crippen LogP) is 2.22. The number of hydrogen-bond acceptors (Lipinski definition) is 3. The van der Waals surface area contributed by atoms with Gasteiger partial charge in [-0.1, -0.05) is 29.3 Å². The highest BCUT2D eigenvalue weighted by Crippen LogP contribution is 2.24. The van der Waals surface area contributed by atoms with Gasteiger partial charge in [0.05, 0.1) is 16.7 Å². The zero-order valence-corrected chi connectivity index (χ0v) is 10.7. The summed E-state index contributed by atoms with van der Waals surface area (Å²) < 4.78 is 5.17. The zero-order chi connectivity index (χ0) is 12.5. The van der Waals surface area contributed by atoms with Gasteiger partial charge in [-0.3, -0.25) is 4.79 Å². The van der Waals surface area contributed by atoms with Crippen LogP contribution in [0.3, 0.4) is 0 Å². The first-order valence-corrected chi connectivity index (χ1v) is 6.11. The van der Waals surface area contributed by atoms with Crippen molar-refractivity contribution >= 4 is 29.0 Å². The standard InChI is InChI=1S/C12H13Cl2NO2/c13-9-2-1-8(5-10(9)14)6-11(16)12(15)3-4-17-7-12/h1-2,5H,3-4,6-7,15H2. The number of nitrogens with two attached hydrogens (primary N) is 1. The first-order chi connectivity index (χ1) is 8.01. The molecule has 2 N–H and O–H groups in total. The second-order valence-electron chi connectivity index (χ2n) is 4.31. The van der Waals surface area contributed by atoms with E-state index in [1.807, 2.05) is 0 Å². The number of carbonyl (C=O) groups is 1. The maximum absolute atomic E-state index is 12.1. The molecule has 1 aliphatic heterocycles.